The van der Waals surface area contributed by atoms with Gasteiger partial charge in [0, 0.05) is 17.3 Å². The van der Waals surface area contributed by atoms with E-state index in [1.807, 2.05) is 26.1 Å². The number of aryl methyl sites for hydroxylation is 2. The van der Waals surface area contributed by atoms with Gasteiger partial charge in [0.1, 0.15) is 5.82 Å². The maximum absolute atomic E-state index is 12.9. The van der Waals surface area contributed by atoms with Crippen molar-refractivity contribution >= 4 is 11.3 Å². The molecule has 18 heavy (non-hydrogen) atoms. The highest BCUT2D eigenvalue weighted by Gasteiger charge is 2.13. The standard InChI is InChI=1S/C14H17FN2S/c1-9-10(2)18-14(17-9)8-13(16-3)11-4-6-12(15)7-5-11/h4-7,13,16H,8H2,1-3H3. The molecule has 0 radical (unpaired) electrons. The summed E-state index contributed by atoms with van der Waals surface area (Å²) in [6.45, 7) is 4.12. The molecule has 2 aromatic rings. The van der Waals surface area contributed by atoms with E-state index in [2.05, 4.69) is 17.2 Å². The lowest BCUT2D eigenvalue weighted by molar-refractivity contribution is 0.584. The number of thiazole rings is 1. The Balaban J connectivity index is 2.16. The Morgan fingerprint density at radius 3 is 2.44 bits per heavy atom. The Bertz CT molecular complexity index is 500. The van der Waals surface area contributed by atoms with E-state index in [-0.39, 0.29) is 11.9 Å². The summed E-state index contributed by atoms with van der Waals surface area (Å²) in [4.78, 5) is 5.81. The van der Waals surface area contributed by atoms with E-state index in [0.29, 0.717) is 0 Å². The molecular formula is C14H17FN2S. The lowest BCUT2D eigenvalue weighted by atomic mass is 10.0. The number of nitrogens with zero attached hydrogens (tertiary/aromatic N) is 1. The van der Waals surface area contributed by atoms with Gasteiger partial charge in [0.05, 0.1) is 10.7 Å². The maximum Gasteiger partial charge on any atom is 0.123 e. The molecule has 1 N–H and O–H groups in total. The molecule has 0 bridgehead atoms. The first-order valence-electron chi connectivity index (χ1n) is 5.95. The number of hydrogen-bond donors (Lipinski definition) is 1. The van der Waals surface area contributed by atoms with Crippen molar-refractivity contribution in [2.45, 2.75) is 26.3 Å². The zero-order valence-corrected chi connectivity index (χ0v) is 11.6. The van der Waals surface area contributed by atoms with Gasteiger partial charge in [0.15, 0.2) is 0 Å². The van der Waals surface area contributed by atoms with Crippen molar-refractivity contribution < 1.29 is 4.39 Å². The van der Waals surface area contributed by atoms with Crippen molar-refractivity contribution in [3.8, 4) is 0 Å². The van der Waals surface area contributed by atoms with Gasteiger partial charge < -0.3 is 5.32 Å². The quantitative estimate of drug-likeness (QED) is 0.915. The molecule has 1 unspecified atom stereocenters. The van der Waals surface area contributed by atoms with Crippen LogP contribution >= 0.6 is 11.3 Å². The Kier molecular flexibility index (Phi) is 4.09. The van der Waals surface area contributed by atoms with Crippen LogP contribution in [0.15, 0.2) is 24.3 Å². The van der Waals surface area contributed by atoms with E-state index in [0.717, 1.165) is 22.7 Å². The molecule has 0 saturated carbocycles. The summed E-state index contributed by atoms with van der Waals surface area (Å²) < 4.78 is 12.9. The minimum absolute atomic E-state index is 0.176. The van der Waals surface area contributed by atoms with Gasteiger partial charge in [0.25, 0.3) is 0 Å². The van der Waals surface area contributed by atoms with E-state index < -0.39 is 0 Å². The largest absolute Gasteiger partial charge is 0.313 e. The van der Waals surface area contributed by atoms with Crippen LogP contribution in [0.5, 0.6) is 0 Å². The van der Waals surface area contributed by atoms with Crippen molar-refractivity contribution in [1.82, 2.24) is 10.3 Å². The molecule has 0 fully saturated rings. The molecule has 1 aromatic carbocycles. The zero-order valence-electron chi connectivity index (χ0n) is 10.8. The first-order valence-corrected chi connectivity index (χ1v) is 6.77. The van der Waals surface area contributed by atoms with Crippen molar-refractivity contribution in [3.63, 3.8) is 0 Å². The van der Waals surface area contributed by atoms with Crippen LogP contribution in [0.2, 0.25) is 0 Å². The monoisotopic (exact) mass is 264 g/mol. The van der Waals surface area contributed by atoms with Crippen LogP contribution in [-0.4, -0.2) is 12.0 Å². The third kappa shape index (κ3) is 2.94. The van der Waals surface area contributed by atoms with E-state index in [9.17, 15) is 4.39 Å². The lowest BCUT2D eigenvalue weighted by Gasteiger charge is -2.15. The minimum Gasteiger partial charge on any atom is -0.313 e. The lowest BCUT2D eigenvalue weighted by Crippen LogP contribution is -2.18. The van der Waals surface area contributed by atoms with Gasteiger partial charge in [-0.1, -0.05) is 12.1 Å². The Morgan fingerprint density at radius 2 is 1.94 bits per heavy atom. The van der Waals surface area contributed by atoms with E-state index in [1.165, 1.54) is 17.0 Å². The number of halogens is 1. The summed E-state index contributed by atoms with van der Waals surface area (Å²) in [7, 11) is 1.92. The molecular weight excluding hydrogens is 247 g/mol. The van der Waals surface area contributed by atoms with Gasteiger partial charge in [-0.3, -0.25) is 0 Å². The van der Waals surface area contributed by atoms with Crippen LogP contribution < -0.4 is 5.32 Å². The van der Waals surface area contributed by atoms with Crippen LogP contribution in [-0.2, 0) is 6.42 Å². The van der Waals surface area contributed by atoms with Crippen molar-refractivity contribution in [1.29, 1.82) is 0 Å². The Labute approximate surface area is 111 Å². The number of hydrogen-bond acceptors (Lipinski definition) is 3. The normalized spacial score (nSPS) is 12.7. The fraction of sp³-hybridized carbons (Fsp3) is 0.357. The number of rotatable bonds is 4. The molecule has 1 atom stereocenters. The molecule has 0 aliphatic rings. The predicted molar refractivity (Wildman–Crippen MR) is 73.5 cm³/mol. The van der Waals surface area contributed by atoms with Crippen LogP contribution in [0, 0.1) is 19.7 Å². The van der Waals surface area contributed by atoms with Crippen molar-refractivity contribution in [2.75, 3.05) is 7.05 Å². The molecule has 1 heterocycles. The average Bonchev–Trinajstić information content (AvgIpc) is 2.67. The van der Waals surface area contributed by atoms with Gasteiger partial charge in [-0.15, -0.1) is 11.3 Å². The number of benzene rings is 1. The molecule has 0 aliphatic carbocycles. The predicted octanol–water partition coefficient (Wildman–Crippen LogP) is 3.40. The van der Waals surface area contributed by atoms with Crippen LogP contribution in [0.4, 0.5) is 4.39 Å². The Hall–Kier alpha value is -1.26. The zero-order chi connectivity index (χ0) is 13.1. The van der Waals surface area contributed by atoms with E-state index >= 15 is 0 Å². The molecule has 0 amide bonds. The summed E-state index contributed by atoms with van der Waals surface area (Å²) in [6, 6.07) is 6.82. The number of likely N-dealkylation sites (N-methyl/N-ethyl adjacent to an activating group) is 1. The van der Waals surface area contributed by atoms with Gasteiger partial charge >= 0.3 is 0 Å². The van der Waals surface area contributed by atoms with E-state index in [1.54, 1.807) is 11.3 Å². The molecule has 0 aliphatic heterocycles. The summed E-state index contributed by atoms with van der Waals surface area (Å²) in [5, 5.41) is 4.38. The second-order valence-corrected chi connectivity index (χ2v) is 5.63. The second-order valence-electron chi connectivity index (χ2n) is 4.35. The highest BCUT2D eigenvalue weighted by molar-refractivity contribution is 7.11. The molecule has 2 rings (SSSR count). The van der Waals surface area contributed by atoms with Crippen LogP contribution in [0.3, 0.4) is 0 Å². The second kappa shape index (κ2) is 5.59. The molecule has 1 aromatic heterocycles. The first kappa shape index (κ1) is 13.2. The SMILES string of the molecule is CNC(Cc1nc(C)c(C)s1)c1ccc(F)cc1. The molecule has 0 spiro atoms. The molecule has 96 valence electrons. The summed E-state index contributed by atoms with van der Waals surface area (Å²) >= 11 is 1.73. The minimum atomic E-state index is -0.199. The molecule has 2 nitrogen and oxygen atoms in total. The van der Waals surface area contributed by atoms with Crippen LogP contribution in [0.1, 0.15) is 27.2 Å². The van der Waals surface area contributed by atoms with Gasteiger partial charge in [0.2, 0.25) is 0 Å². The highest BCUT2D eigenvalue weighted by atomic mass is 32.1. The van der Waals surface area contributed by atoms with Crippen molar-refractivity contribution in [2.24, 2.45) is 0 Å². The molecule has 0 saturated heterocycles. The number of aromatic nitrogens is 1. The third-order valence-corrected chi connectivity index (χ3v) is 4.17. The Morgan fingerprint density at radius 1 is 1.28 bits per heavy atom. The van der Waals surface area contributed by atoms with Gasteiger partial charge in [-0.2, -0.15) is 0 Å². The maximum atomic E-state index is 12.9. The third-order valence-electron chi connectivity index (χ3n) is 3.07. The van der Waals surface area contributed by atoms with Gasteiger partial charge in [-0.05, 0) is 38.6 Å². The summed E-state index contributed by atoms with van der Waals surface area (Å²) in [5.41, 5.74) is 2.19. The first-order chi connectivity index (χ1) is 8.60. The number of nitrogens with one attached hydrogen (secondary N) is 1. The topological polar surface area (TPSA) is 24.9 Å². The smallest absolute Gasteiger partial charge is 0.123 e. The van der Waals surface area contributed by atoms with Gasteiger partial charge in [-0.25, -0.2) is 9.37 Å². The fourth-order valence-corrected chi connectivity index (χ4v) is 2.86. The fourth-order valence-electron chi connectivity index (χ4n) is 1.88. The van der Waals surface area contributed by atoms with E-state index in [4.69, 9.17) is 0 Å². The molecule has 4 heteroatoms. The summed E-state index contributed by atoms with van der Waals surface area (Å²) in [5.74, 6) is -0.199. The highest BCUT2D eigenvalue weighted by Crippen LogP contribution is 2.23. The average molecular weight is 264 g/mol. The van der Waals surface area contributed by atoms with Crippen LogP contribution in [0.25, 0.3) is 0 Å². The van der Waals surface area contributed by atoms with Crippen molar-refractivity contribution in [3.05, 3.63) is 51.2 Å². The summed E-state index contributed by atoms with van der Waals surface area (Å²) in [6.07, 6.45) is 0.835.